The van der Waals surface area contributed by atoms with Gasteiger partial charge < -0.3 is 95.3 Å². The summed E-state index contributed by atoms with van der Waals surface area (Å²) in [7, 11) is 2.70. The highest BCUT2D eigenvalue weighted by molar-refractivity contribution is 5.99. The van der Waals surface area contributed by atoms with Crippen molar-refractivity contribution in [1.82, 2.24) is 73.6 Å². The van der Waals surface area contributed by atoms with Gasteiger partial charge in [-0.15, -0.1) is 0 Å². The molecule has 0 saturated carbocycles. The first kappa shape index (κ1) is 81.3. The van der Waals surface area contributed by atoms with Crippen LogP contribution in [0.15, 0.2) is 133 Å². The standard InChI is InChI=1S/C76H96N18O14/c1-93-61(71(105)89-55(15-7-35-83-75(77)78)69(103)91-57(41-47-19-25-49-11-3-5-13-51(49)37-47)67(101)85-43-65(99)87-59(73(93)107)39-45-21-27-53(95)28-22-45)17-9-33-81-63(97)31-32-64(98)82-34-10-18-62-72(106)90-56(16-8-36-84-76(79)80)70(104)92-58(42-48-20-26-50-12-4-6-14-52(50)38-48)68(102)86-44-66(100)88-60(74(108)94(62)2)40-46-23-29-54(96)30-24-46/h3-6,11-14,19-30,37-38,55-62,95-96H,7-10,15-18,31-36,39-44H2,1-2H3,(H,81,97)(H,82,98)(H,85,101)(H,86,102)(H,87,99)(H,88,100)(H,89,105)(H,90,106)(H,91,103)(H,92,104)(H4,77,78,83)(H4,79,80,84)/t55-,56-,57-,58-,59+,60+,61+,62+/m0/s1. The fourth-order valence-corrected chi connectivity index (χ4v) is 12.8. The van der Waals surface area contributed by atoms with Gasteiger partial charge in [-0.05, 0) is 119 Å². The van der Waals surface area contributed by atoms with Gasteiger partial charge in [0.05, 0.1) is 13.1 Å². The lowest BCUT2D eigenvalue weighted by molar-refractivity contribution is -0.142. The lowest BCUT2D eigenvalue weighted by Crippen LogP contribution is -2.58. The number of nitrogens with two attached hydrogens (primary N) is 2. The average Bonchev–Trinajstić information content (AvgIpc) is 1.15. The van der Waals surface area contributed by atoms with Gasteiger partial charge in [-0.25, -0.2) is 0 Å². The van der Waals surface area contributed by atoms with Crippen molar-refractivity contribution >= 4 is 104 Å². The van der Waals surface area contributed by atoms with Crippen LogP contribution in [0.3, 0.4) is 0 Å². The van der Waals surface area contributed by atoms with Gasteiger partial charge in [-0.3, -0.25) is 68.4 Å². The molecule has 2 saturated heterocycles. The maximum atomic E-state index is 14.8. The van der Waals surface area contributed by atoms with Crippen LogP contribution in [0.25, 0.3) is 21.5 Å². The Labute approximate surface area is 624 Å². The Kier molecular flexibility index (Phi) is 30.3. The summed E-state index contributed by atoms with van der Waals surface area (Å²) in [5.74, 6) is -9.50. The lowest BCUT2D eigenvalue weighted by atomic mass is 10.00. The van der Waals surface area contributed by atoms with E-state index in [1.165, 1.54) is 38.4 Å². The number of carbonyl (C=O) groups is 12. The molecule has 32 heteroatoms. The van der Waals surface area contributed by atoms with Gasteiger partial charge in [0.1, 0.15) is 59.8 Å². The summed E-state index contributed by atoms with van der Waals surface area (Å²) >= 11 is 0. The monoisotopic (exact) mass is 1480 g/mol. The zero-order chi connectivity index (χ0) is 77.8. The molecule has 2 fully saturated rings. The lowest BCUT2D eigenvalue weighted by Gasteiger charge is -2.32. The molecule has 6 aromatic rings. The number of benzene rings is 6. The van der Waals surface area contributed by atoms with E-state index >= 15 is 0 Å². The topological polar surface area (TPSA) is 496 Å². The van der Waals surface area contributed by atoms with Gasteiger partial charge in [0.15, 0.2) is 11.9 Å². The van der Waals surface area contributed by atoms with E-state index in [0.717, 1.165) is 31.3 Å². The third kappa shape index (κ3) is 25.2. The molecule has 574 valence electrons. The zero-order valence-electron chi connectivity index (χ0n) is 60.3. The number of hydrogen-bond donors (Lipinski definition) is 18. The van der Waals surface area contributed by atoms with Crippen LogP contribution in [-0.4, -0.2) is 205 Å². The van der Waals surface area contributed by atoms with Gasteiger partial charge in [-0.2, -0.15) is 0 Å². The zero-order valence-corrected chi connectivity index (χ0v) is 60.3. The van der Waals surface area contributed by atoms with Gasteiger partial charge in [-0.1, -0.05) is 109 Å². The van der Waals surface area contributed by atoms with E-state index in [1.807, 2.05) is 72.8 Å². The average molecular weight is 1490 g/mol. The number of guanidine groups is 2. The summed E-state index contributed by atoms with van der Waals surface area (Å²) < 4.78 is 0. The minimum atomic E-state index is -1.35. The maximum absolute atomic E-state index is 14.8. The number of carbonyl (C=O) groups excluding carboxylic acids is 12. The second-order valence-electron chi connectivity index (χ2n) is 26.8. The van der Waals surface area contributed by atoms with Crippen LogP contribution < -0.4 is 75.3 Å². The number of fused-ring (bicyclic) bond motifs is 2. The quantitative estimate of drug-likeness (QED) is 0.0177. The molecule has 2 aliphatic heterocycles. The Balaban J connectivity index is 0.938. The van der Waals surface area contributed by atoms with E-state index < -0.39 is 132 Å². The number of hydrogen-bond acceptors (Lipinski definition) is 16. The number of nitrogens with zero attached hydrogens (tertiary/aromatic N) is 2. The fraction of sp³-hybridized carbons (Fsp3) is 0.395. The first-order valence-electron chi connectivity index (χ1n) is 35.9. The van der Waals surface area contributed by atoms with Crippen LogP contribution in [0.1, 0.15) is 86.5 Å². The van der Waals surface area contributed by atoms with Crippen LogP contribution in [0.2, 0.25) is 0 Å². The third-order valence-corrected chi connectivity index (χ3v) is 18.6. The Morgan fingerprint density at radius 3 is 1.09 bits per heavy atom. The number of nitrogens with one attached hydrogen (secondary N) is 14. The van der Waals surface area contributed by atoms with Crippen molar-refractivity contribution in [1.29, 1.82) is 10.8 Å². The molecule has 108 heavy (non-hydrogen) atoms. The predicted molar refractivity (Wildman–Crippen MR) is 402 cm³/mol. The summed E-state index contributed by atoms with van der Waals surface area (Å²) in [5.41, 5.74) is 13.5. The number of likely N-dealkylation sites (N-methyl/N-ethyl adjacent to an activating group) is 2. The van der Waals surface area contributed by atoms with Crippen molar-refractivity contribution in [3.8, 4) is 11.5 Å². The van der Waals surface area contributed by atoms with Gasteiger partial charge >= 0.3 is 0 Å². The smallest absolute Gasteiger partial charge is 0.245 e. The minimum absolute atomic E-state index is 0.0289. The highest BCUT2D eigenvalue weighted by Gasteiger charge is 2.38. The molecule has 8 atom stereocenters. The second-order valence-corrected chi connectivity index (χ2v) is 26.8. The van der Waals surface area contributed by atoms with Crippen LogP contribution in [0.4, 0.5) is 0 Å². The summed E-state index contributed by atoms with van der Waals surface area (Å²) in [6.45, 7) is -1.11. The molecule has 12 amide bonds. The van der Waals surface area contributed by atoms with E-state index in [1.54, 1.807) is 36.4 Å². The van der Waals surface area contributed by atoms with E-state index in [4.69, 9.17) is 22.3 Å². The van der Waals surface area contributed by atoms with Crippen molar-refractivity contribution < 1.29 is 67.7 Å². The molecular weight excluding hydrogens is 1390 g/mol. The molecule has 8 rings (SSSR count). The van der Waals surface area contributed by atoms with Gasteiger partial charge in [0, 0.05) is 78.8 Å². The van der Waals surface area contributed by atoms with E-state index in [9.17, 15) is 67.7 Å². The van der Waals surface area contributed by atoms with Crippen LogP contribution >= 0.6 is 0 Å². The van der Waals surface area contributed by atoms with Crippen molar-refractivity contribution in [2.75, 3.05) is 53.4 Å². The van der Waals surface area contributed by atoms with E-state index in [2.05, 4.69) is 63.8 Å². The SMILES string of the molecule is CN1C(=O)[C@@H](Cc2ccc(O)cc2)NC(=O)CNC(=O)[C@H](Cc2ccc3ccccc3c2)NC(=O)[C@H](CCCNC(=N)N)NC(=O)[C@H]1CCCNC(=O)CCC(=O)NCCC[C@@H]1C(=O)N[C@@H](CCCNC(=N)N)C(=O)N[C@@H](Cc2ccc3ccccc3c2)C(=O)NCC(=O)N[C@H](Cc2ccc(O)cc2)C(=O)N1C. The Hall–Kier alpha value is -12.4. The summed E-state index contributed by atoms with van der Waals surface area (Å²) in [6.07, 6.45) is -0.748. The molecule has 32 nitrogen and oxygen atoms in total. The fourth-order valence-electron chi connectivity index (χ4n) is 12.8. The van der Waals surface area contributed by atoms with Crippen LogP contribution in [0.5, 0.6) is 11.5 Å². The van der Waals surface area contributed by atoms with Crippen molar-refractivity contribution in [3.05, 3.63) is 156 Å². The molecule has 0 radical (unpaired) electrons. The molecular formula is C76H96N18O14. The van der Waals surface area contributed by atoms with Crippen molar-refractivity contribution in [2.45, 2.75) is 138 Å². The first-order valence-corrected chi connectivity index (χ1v) is 35.9. The Morgan fingerprint density at radius 1 is 0.398 bits per heavy atom. The van der Waals surface area contributed by atoms with E-state index in [-0.39, 0.29) is 139 Å². The summed E-state index contributed by atoms with van der Waals surface area (Å²) in [4.78, 5) is 173. The largest absolute Gasteiger partial charge is 0.508 e. The number of phenolic OH excluding ortho intramolecular Hbond substituents is 2. The summed E-state index contributed by atoms with van der Waals surface area (Å²) in [5, 5.41) is 71.6. The molecule has 0 unspecified atom stereocenters. The van der Waals surface area contributed by atoms with Crippen molar-refractivity contribution in [3.63, 3.8) is 0 Å². The highest BCUT2D eigenvalue weighted by Crippen LogP contribution is 2.22. The van der Waals surface area contributed by atoms with Gasteiger partial charge in [0.2, 0.25) is 70.9 Å². The maximum Gasteiger partial charge on any atom is 0.245 e. The molecule has 0 bridgehead atoms. The molecule has 2 heterocycles. The molecule has 6 aromatic carbocycles. The molecule has 0 aromatic heterocycles. The molecule has 20 N–H and O–H groups in total. The predicted octanol–water partition coefficient (Wildman–Crippen LogP) is -0.403. The normalized spacial score (nSPS) is 20.3. The highest BCUT2D eigenvalue weighted by atomic mass is 16.3. The van der Waals surface area contributed by atoms with E-state index in [0.29, 0.717) is 22.3 Å². The van der Waals surface area contributed by atoms with Crippen LogP contribution in [-0.2, 0) is 83.2 Å². The Bertz CT molecular complexity index is 3970. The molecule has 2 aliphatic rings. The van der Waals surface area contributed by atoms with Crippen molar-refractivity contribution in [2.24, 2.45) is 11.5 Å². The Morgan fingerprint density at radius 2 is 0.722 bits per heavy atom. The number of phenols is 2. The second kappa shape index (κ2) is 40.2. The molecule has 0 aliphatic carbocycles. The summed E-state index contributed by atoms with van der Waals surface area (Å²) in [6, 6.07) is 27.4. The number of amides is 12. The number of aromatic hydroxyl groups is 2. The van der Waals surface area contributed by atoms with Gasteiger partial charge in [0.25, 0.3) is 0 Å². The number of rotatable bonds is 27. The molecule has 0 spiro atoms. The first-order chi connectivity index (χ1) is 51.8. The third-order valence-electron chi connectivity index (χ3n) is 18.6. The van der Waals surface area contributed by atoms with Crippen LogP contribution in [0, 0.1) is 10.8 Å². The minimum Gasteiger partial charge on any atom is -0.508 e.